The number of aromatic nitrogens is 1. The normalized spacial score (nSPS) is 13.0. The molecule has 1 unspecified atom stereocenters. The summed E-state index contributed by atoms with van der Waals surface area (Å²) in [5.41, 5.74) is 3.25. The molecule has 0 aliphatic carbocycles. The summed E-state index contributed by atoms with van der Waals surface area (Å²) in [6.45, 7) is 3.51. The van der Waals surface area contributed by atoms with E-state index >= 15 is 0 Å². The molecule has 0 amide bonds. The molecule has 0 saturated carbocycles. The highest BCUT2D eigenvalue weighted by molar-refractivity contribution is 9.10. The maximum absolute atomic E-state index is 14.0. The molecule has 2 N–H and O–H groups in total. The fraction of sp³-hybridized carbons (Fsp3) is 0.353. The quantitative estimate of drug-likeness (QED) is 0.732. The lowest BCUT2D eigenvalue weighted by molar-refractivity contribution is 0.0369. The molecule has 1 heterocycles. The van der Waals surface area contributed by atoms with Gasteiger partial charge in [-0.3, -0.25) is 0 Å². The Morgan fingerprint density at radius 2 is 2.00 bits per heavy atom. The van der Waals surface area contributed by atoms with Crippen LogP contribution in [0, 0.1) is 5.82 Å². The molecule has 1 aromatic carbocycles. The van der Waals surface area contributed by atoms with Crippen LogP contribution in [-0.4, -0.2) is 24.1 Å². The predicted molar refractivity (Wildman–Crippen MR) is 93.1 cm³/mol. The Morgan fingerprint density at radius 3 is 2.56 bits per heavy atom. The Balaban J connectivity index is 0.00000151. The van der Waals surface area contributed by atoms with Gasteiger partial charge in [-0.1, -0.05) is 29.8 Å². The third-order valence-electron chi connectivity index (χ3n) is 3.48. The van der Waals surface area contributed by atoms with E-state index in [9.17, 15) is 18.0 Å². The Bertz CT molecular complexity index is 722. The zero-order chi connectivity index (χ0) is 19.2. The molecule has 8 heteroatoms. The fourth-order valence-electron chi connectivity index (χ4n) is 2.25. The fourth-order valence-corrected chi connectivity index (χ4v) is 2.61. The van der Waals surface area contributed by atoms with Gasteiger partial charge in [0.1, 0.15) is 17.1 Å². The zero-order valence-corrected chi connectivity index (χ0v) is 15.7. The van der Waals surface area contributed by atoms with Gasteiger partial charge >= 0.3 is 5.97 Å². The van der Waals surface area contributed by atoms with Crippen LogP contribution in [0.4, 0.5) is 13.2 Å². The van der Waals surface area contributed by atoms with E-state index in [1.807, 2.05) is 13.8 Å². The molecule has 25 heavy (non-hydrogen) atoms. The molecule has 0 spiro atoms. The van der Waals surface area contributed by atoms with Gasteiger partial charge in [0, 0.05) is 16.2 Å². The minimum atomic E-state index is -3.06. The molecule has 138 valence electrons. The summed E-state index contributed by atoms with van der Waals surface area (Å²) in [4.78, 5) is 11.7. The second-order valence-electron chi connectivity index (χ2n) is 4.98. The first kappa shape index (κ1) is 21.2. The lowest BCUT2D eigenvalue weighted by atomic mass is 9.90. The third-order valence-corrected chi connectivity index (χ3v) is 3.97. The van der Waals surface area contributed by atoms with Crippen LogP contribution < -0.4 is 5.73 Å². The van der Waals surface area contributed by atoms with Crippen LogP contribution in [0.1, 0.15) is 29.9 Å². The van der Waals surface area contributed by atoms with Crippen molar-refractivity contribution in [3.63, 3.8) is 0 Å². The summed E-state index contributed by atoms with van der Waals surface area (Å²) >= 11 is 3.12. The standard InChI is InChI=1S/C15H14BrF3N2O2.C2H6/c1-23-13(22)12-3-2-6-21(12)8-15(20,14(18)19)10-7-9(16)4-5-11(10)17;1-2/h2-7,14H,8,20H2,1H3;1-2H3. The number of halogens is 4. The van der Waals surface area contributed by atoms with Crippen LogP contribution in [0.2, 0.25) is 0 Å². The van der Waals surface area contributed by atoms with Gasteiger partial charge in [0.15, 0.2) is 0 Å². The first-order valence-corrected chi connectivity index (χ1v) is 8.35. The monoisotopic (exact) mass is 420 g/mol. The van der Waals surface area contributed by atoms with E-state index < -0.39 is 30.3 Å². The van der Waals surface area contributed by atoms with Gasteiger partial charge < -0.3 is 15.0 Å². The molecule has 4 nitrogen and oxygen atoms in total. The number of nitrogens with zero attached hydrogens (tertiary/aromatic N) is 1. The minimum absolute atomic E-state index is 0.0541. The molecule has 2 rings (SSSR count). The summed E-state index contributed by atoms with van der Waals surface area (Å²) in [6, 6.07) is 6.56. The number of rotatable bonds is 5. The summed E-state index contributed by atoms with van der Waals surface area (Å²) in [5.74, 6) is -1.54. The van der Waals surface area contributed by atoms with E-state index in [2.05, 4.69) is 20.7 Å². The molecule has 2 aromatic rings. The second-order valence-corrected chi connectivity index (χ2v) is 5.89. The molecule has 1 atom stereocenters. The van der Waals surface area contributed by atoms with Gasteiger partial charge in [0.2, 0.25) is 0 Å². The van der Waals surface area contributed by atoms with Crippen molar-refractivity contribution >= 4 is 21.9 Å². The lowest BCUT2D eigenvalue weighted by Crippen LogP contribution is -2.48. The molecule has 0 radical (unpaired) electrons. The smallest absolute Gasteiger partial charge is 0.354 e. The number of methoxy groups -OCH3 is 1. The molecular weight excluding hydrogens is 401 g/mol. The third kappa shape index (κ3) is 4.64. The number of carbonyl (C=O) groups is 1. The Morgan fingerprint density at radius 1 is 1.36 bits per heavy atom. The molecule has 0 bridgehead atoms. The van der Waals surface area contributed by atoms with Crippen LogP contribution >= 0.6 is 15.9 Å². The van der Waals surface area contributed by atoms with Crippen molar-refractivity contribution in [1.29, 1.82) is 0 Å². The van der Waals surface area contributed by atoms with Crippen LogP contribution in [-0.2, 0) is 16.8 Å². The van der Waals surface area contributed by atoms with Crippen LogP contribution in [0.3, 0.4) is 0 Å². The van der Waals surface area contributed by atoms with Crippen molar-refractivity contribution in [2.45, 2.75) is 32.4 Å². The number of benzene rings is 1. The second kappa shape index (κ2) is 9.05. The van der Waals surface area contributed by atoms with Crippen molar-refractivity contribution in [1.82, 2.24) is 4.57 Å². The number of ether oxygens (including phenoxy) is 1. The SMILES string of the molecule is CC.COC(=O)c1cccn1CC(N)(c1cc(Br)ccc1F)C(F)F. The van der Waals surface area contributed by atoms with Gasteiger partial charge in [-0.25, -0.2) is 18.0 Å². The van der Waals surface area contributed by atoms with Crippen LogP contribution in [0.25, 0.3) is 0 Å². The molecule has 0 aliphatic rings. The number of carbonyl (C=O) groups excluding carboxylic acids is 1. The topological polar surface area (TPSA) is 57.2 Å². The summed E-state index contributed by atoms with van der Waals surface area (Å²) < 4.78 is 47.6. The minimum Gasteiger partial charge on any atom is -0.464 e. The van der Waals surface area contributed by atoms with Gasteiger partial charge in [-0.15, -0.1) is 0 Å². The van der Waals surface area contributed by atoms with Crippen molar-refractivity contribution in [3.05, 3.63) is 58.1 Å². The van der Waals surface area contributed by atoms with E-state index in [-0.39, 0.29) is 11.3 Å². The van der Waals surface area contributed by atoms with Crippen molar-refractivity contribution in [3.8, 4) is 0 Å². The Labute approximate surface area is 152 Å². The van der Waals surface area contributed by atoms with Gasteiger partial charge in [0.05, 0.1) is 13.7 Å². The van der Waals surface area contributed by atoms with Crippen LogP contribution in [0.5, 0.6) is 0 Å². The average Bonchev–Trinajstić information content (AvgIpc) is 3.05. The zero-order valence-electron chi connectivity index (χ0n) is 14.1. The lowest BCUT2D eigenvalue weighted by Gasteiger charge is -2.30. The maximum atomic E-state index is 14.0. The largest absolute Gasteiger partial charge is 0.464 e. The number of alkyl halides is 2. The highest BCUT2D eigenvalue weighted by atomic mass is 79.9. The maximum Gasteiger partial charge on any atom is 0.354 e. The number of hydrogen-bond donors (Lipinski definition) is 1. The van der Waals surface area contributed by atoms with Crippen molar-refractivity contribution < 1.29 is 22.7 Å². The van der Waals surface area contributed by atoms with E-state index in [0.717, 1.165) is 6.07 Å². The molecule has 0 aliphatic heterocycles. The van der Waals surface area contributed by atoms with Gasteiger partial charge in [0.25, 0.3) is 6.43 Å². The molecule has 1 aromatic heterocycles. The number of hydrogen-bond acceptors (Lipinski definition) is 3. The predicted octanol–water partition coefficient (Wildman–Crippen LogP) is 4.32. The van der Waals surface area contributed by atoms with Gasteiger partial charge in [-0.05, 0) is 30.3 Å². The Hall–Kier alpha value is -1.80. The highest BCUT2D eigenvalue weighted by Crippen LogP contribution is 2.32. The number of esters is 1. The molecular formula is C17H20BrF3N2O2. The summed E-state index contributed by atoms with van der Waals surface area (Å²) in [6.07, 6.45) is -1.65. The van der Waals surface area contributed by atoms with E-state index in [0.29, 0.717) is 4.47 Å². The first-order chi connectivity index (χ1) is 11.8. The van der Waals surface area contributed by atoms with Gasteiger partial charge in [-0.2, -0.15) is 0 Å². The highest BCUT2D eigenvalue weighted by Gasteiger charge is 2.41. The van der Waals surface area contributed by atoms with Crippen molar-refractivity contribution in [2.24, 2.45) is 5.73 Å². The average molecular weight is 421 g/mol. The summed E-state index contributed by atoms with van der Waals surface area (Å²) in [5, 5.41) is 0. The van der Waals surface area contributed by atoms with Crippen molar-refractivity contribution in [2.75, 3.05) is 7.11 Å². The van der Waals surface area contributed by atoms with E-state index in [1.54, 1.807) is 0 Å². The molecule has 0 saturated heterocycles. The summed E-state index contributed by atoms with van der Waals surface area (Å²) in [7, 11) is 1.18. The number of nitrogens with two attached hydrogens (primary N) is 1. The Kier molecular flexibility index (Phi) is 7.69. The first-order valence-electron chi connectivity index (χ1n) is 7.55. The van der Waals surface area contributed by atoms with E-state index in [4.69, 9.17) is 5.73 Å². The van der Waals surface area contributed by atoms with Crippen LogP contribution in [0.15, 0.2) is 41.0 Å². The van der Waals surface area contributed by atoms with E-state index in [1.165, 1.54) is 42.1 Å². The molecule has 0 fully saturated rings.